The summed E-state index contributed by atoms with van der Waals surface area (Å²) in [5.74, 6) is 1.59. The first kappa shape index (κ1) is 9.53. The molecular formula is C14H10N2O2. The molecule has 1 aliphatic heterocycles. The normalized spacial score (nSPS) is 13.1. The Hall–Kier alpha value is -2.49. The Morgan fingerprint density at radius 2 is 2.00 bits per heavy atom. The zero-order valence-corrected chi connectivity index (χ0v) is 9.54. The molecule has 4 rings (SSSR count). The van der Waals surface area contributed by atoms with Crippen LogP contribution in [0.4, 0.5) is 0 Å². The Morgan fingerprint density at radius 1 is 1.06 bits per heavy atom. The van der Waals surface area contributed by atoms with Gasteiger partial charge in [0, 0.05) is 11.8 Å². The number of hydrogen-bond acceptors (Lipinski definition) is 3. The van der Waals surface area contributed by atoms with Crippen molar-refractivity contribution in [3.63, 3.8) is 0 Å². The van der Waals surface area contributed by atoms with Gasteiger partial charge in [0.2, 0.25) is 6.79 Å². The molecule has 0 saturated carbocycles. The highest BCUT2D eigenvalue weighted by Gasteiger charge is 2.15. The minimum absolute atomic E-state index is 0.298. The van der Waals surface area contributed by atoms with Crippen molar-refractivity contribution >= 4 is 5.65 Å². The highest BCUT2D eigenvalue weighted by atomic mass is 16.7. The number of nitrogens with zero attached hydrogens (tertiary/aromatic N) is 2. The van der Waals surface area contributed by atoms with Gasteiger partial charge in [0.05, 0.1) is 11.9 Å². The van der Waals surface area contributed by atoms with Crippen LogP contribution in [0.5, 0.6) is 11.5 Å². The van der Waals surface area contributed by atoms with E-state index in [1.165, 1.54) is 0 Å². The van der Waals surface area contributed by atoms with Crippen molar-refractivity contribution in [2.75, 3.05) is 6.79 Å². The average Bonchev–Trinajstić information content (AvgIpc) is 3.04. The first-order valence-electron chi connectivity index (χ1n) is 5.74. The van der Waals surface area contributed by atoms with Gasteiger partial charge in [-0.1, -0.05) is 6.07 Å². The van der Waals surface area contributed by atoms with Gasteiger partial charge in [-0.2, -0.15) is 0 Å². The lowest BCUT2D eigenvalue weighted by Crippen LogP contribution is -1.92. The van der Waals surface area contributed by atoms with Crippen LogP contribution in [0, 0.1) is 0 Å². The molecule has 18 heavy (non-hydrogen) atoms. The van der Waals surface area contributed by atoms with E-state index in [9.17, 15) is 0 Å². The lowest BCUT2D eigenvalue weighted by Gasteiger charge is -2.03. The highest BCUT2D eigenvalue weighted by Crippen LogP contribution is 2.35. The van der Waals surface area contributed by atoms with Crippen molar-refractivity contribution in [1.29, 1.82) is 0 Å². The van der Waals surface area contributed by atoms with E-state index in [0.717, 1.165) is 28.4 Å². The third kappa shape index (κ3) is 1.29. The third-order valence-electron chi connectivity index (χ3n) is 3.09. The lowest BCUT2D eigenvalue weighted by atomic mass is 10.1. The Labute approximate surface area is 103 Å². The summed E-state index contributed by atoms with van der Waals surface area (Å²) in [6.45, 7) is 0.298. The smallest absolute Gasteiger partial charge is 0.231 e. The molecule has 1 aromatic carbocycles. The summed E-state index contributed by atoms with van der Waals surface area (Å²) in [5, 5.41) is 0. The van der Waals surface area contributed by atoms with Crippen molar-refractivity contribution in [2.45, 2.75) is 0 Å². The van der Waals surface area contributed by atoms with Crippen molar-refractivity contribution in [1.82, 2.24) is 9.38 Å². The zero-order chi connectivity index (χ0) is 11.9. The van der Waals surface area contributed by atoms with Crippen molar-refractivity contribution in [3.05, 3.63) is 48.8 Å². The second-order valence-corrected chi connectivity index (χ2v) is 4.14. The van der Waals surface area contributed by atoms with E-state index in [1.54, 1.807) is 0 Å². The van der Waals surface area contributed by atoms with Crippen LogP contribution in [0.3, 0.4) is 0 Å². The molecule has 88 valence electrons. The third-order valence-corrected chi connectivity index (χ3v) is 3.09. The van der Waals surface area contributed by atoms with Gasteiger partial charge in [-0.3, -0.25) is 4.40 Å². The molecule has 0 atom stereocenters. The standard InChI is InChI=1S/C14H10N2O2/c1-2-6-16-11(8-15-14(16)3-1)10-4-5-12-13(7-10)18-9-17-12/h1-8H,9H2. The molecule has 4 nitrogen and oxygen atoms in total. The minimum atomic E-state index is 0.298. The molecule has 0 fully saturated rings. The maximum Gasteiger partial charge on any atom is 0.231 e. The molecule has 1 aliphatic rings. The second-order valence-electron chi connectivity index (χ2n) is 4.14. The van der Waals surface area contributed by atoms with Crippen LogP contribution in [-0.2, 0) is 0 Å². The molecule has 0 amide bonds. The monoisotopic (exact) mass is 238 g/mol. The number of aromatic nitrogens is 2. The van der Waals surface area contributed by atoms with Crippen LogP contribution >= 0.6 is 0 Å². The van der Waals surface area contributed by atoms with Gasteiger partial charge in [0.25, 0.3) is 0 Å². The summed E-state index contributed by atoms with van der Waals surface area (Å²) in [5.41, 5.74) is 3.05. The van der Waals surface area contributed by atoms with Crippen molar-refractivity contribution < 1.29 is 9.47 Å². The summed E-state index contributed by atoms with van der Waals surface area (Å²) >= 11 is 0. The summed E-state index contributed by atoms with van der Waals surface area (Å²) in [6.07, 6.45) is 3.87. The molecule has 0 spiro atoms. The number of hydrogen-bond donors (Lipinski definition) is 0. The van der Waals surface area contributed by atoms with E-state index in [1.807, 2.05) is 48.8 Å². The Balaban J connectivity index is 1.92. The van der Waals surface area contributed by atoms with Gasteiger partial charge in [0.15, 0.2) is 11.5 Å². The van der Waals surface area contributed by atoms with E-state index in [0.29, 0.717) is 6.79 Å². The fourth-order valence-corrected chi connectivity index (χ4v) is 2.20. The molecule has 0 aliphatic carbocycles. The number of ether oxygens (including phenoxy) is 2. The molecule has 2 aromatic heterocycles. The summed E-state index contributed by atoms with van der Waals surface area (Å²) < 4.78 is 12.8. The van der Waals surface area contributed by atoms with Crippen LogP contribution in [0.1, 0.15) is 0 Å². The number of rotatable bonds is 1. The quantitative estimate of drug-likeness (QED) is 0.654. The van der Waals surface area contributed by atoms with Crippen LogP contribution in [0.2, 0.25) is 0 Å². The molecule has 0 bridgehead atoms. The summed E-state index contributed by atoms with van der Waals surface area (Å²) in [4.78, 5) is 4.38. The Morgan fingerprint density at radius 3 is 3.00 bits per heavy atom. The molecular weight excluding hydrogens is 228 g/mol. The molecule has 0 radical (unpaired) electrons. The van der Waals surface area contributed by atoms with E-state index in [-0.39, 0.29) is 0 Å². The number of pyridine rings is 1. The largest absolute Gasteiger partial charge is 0.454 e. The molecule has 0 saturated heterocycles. The topological polar surface area (TPSA) is 35.8 Å². The maximum absolute atomic E-state index is 5.40. The van der Waals surface area contributed by atoms with E-state index in [2.05, 4.69) is 9.38 Å². The second kappa shape index (κ2) is 3.50. The van der Waals surface area contributed by atoms with Crippen molar-refractivity contribution in [3.8, 4) is 22.8 Å². The number of fused-ring (bicyclic) bond motifs is 2. The lowest BCUT2D eigenvalue weighted by molar-refractivity contribution is 0.174. The van der Waals surface area contributed by atoms with Crippen LogP contribution in [0.15, 0.2) is 48.8 Å². The van der Waals surface area contributed by atoms with Gasteiger partial charge in [-0.25, -0.2) is 4.98 Å². The summed E-state index contributed by atoms with van der Waals surface area (Å²) in [7, 11) is 0. The molecule has 3 aromatic rings. The Kier molecular flexibility index (Phi) is 1.85. The predicted octanol–water partition coefficient (Wildman–Crippen LogP) is 2.73. The van der Waals surface area contributed by atoms with Crippen LogP contribution < -0.4 is 9.47 Å². The number of benzene rings is 1. The van der Waals surface area contributed by atoms with Crippen molar-refractivity contribution in [2.24, 2.45) is 0 Å². The predicted molar refractivity (Wildman–Crippen MR) is 66.8 cm³/mol. The summed E-state index contributed by atoms with van der Waals surface area (Å²) in [6, 6.07) is 11.9. The maximum atomic E-state index is 5.40. The average molecular weight is 238 g/mol. The van der Waals surface area contributed by atoms with Gasteiger partial charge in [-0.15, -0.1) is 0 Å². The van der Waals surface area contributed by atoms with E-state index in [4.69, 9.17) is 9.47 Å². The molecule has 0 N–H and O–H groups in total. The number of imidazole rings is 1. The van der Waals surface area contributed by atoms with Crippen LogP contribution in [-0.4, -0.2) is 16.2 Å². The van der Waals surface area contributed by atoms with Gasteiger partial charge in [-0.05, 0) is 30.3 Å². The van der Waals surface area contributed by atoms with Gasteiger partial charge in [0.1, 0.15) is 5.65 Å². The van der Waals surface area contributed by atoms with E-state index >= 15 is 0 Å². The molecule has 3 heterocycles. The minimum Gasteiger partial charge on any atom is -0.454 e. The first-order valence-corrected chi connectivity index (χ1v) is 5.74. The zero-order valence-electron chi connectivity index (χ0n) is 9.54. The van der Waals surface area contributed by atoms with Gasteiger partial charge >= 0.3 is 0 Å². The van der Waals surface area contributed by atoms with Gasteiger partial charge < -0.3 is 9.47 Å². The highest BCUT2D eigenvalue weighted by molar-refractivity contribution is 5.67. The fourth-order valence-electron chi connectivity index (χ4n) is 2.20. The SMILES string of the molecule is c1ccn2c(-c3ccc4c(c3)OCO4)cnc2c1. The molecule has 0 unspecified atom stereocenters. The first-order chi connectivity index (χ1) is 8.92. The van der Waals surface area contributed by atoms with Crippen LogP contribution in [0.25, 0.3) is 16.9 Å². The fraction of sp³-hybridized carbons (Fsp3) is 0.0714. The Bertz CT molecular complexity index is 733. The van der Waals surface area contributed by atoms with E-state index < -0.39 is 0 Å². The molecule has 4 heteroatoms.